The zero-order valence-electron chi connectivity index (χ0n) is 15.5. The van der Waals surface area contributed by atoms with E-state index in [9.17, 15) is 9.90 Å². The van der Waals surface area contributed by atoms with Crippen LogP contribution in [0.1, 0.15) is 16.1 Å². The van der Waals surface area contributed by atoms with E-state index in [4.69, 9.17) is 4.74 Å². The minimum Gasteiger partial charge on any atom is -0.492 e. The van der Waals surface area contributed by atoms with Crippen LogP contribution in [-0.4, -0.2) is 27.2 Å². The van der Waals surface area contributed by atoms with Crippen LogP contribution >= 0.6 is 0 Å². The maximum atomic E-state index is 11.8. The number of para-hydroxylation sites is 1. The van der Waals surface area contributed by atoms with E-state index in [2.05, 4.69) is 11.1 Å². The molecule has 0 amide bonds. The Kier molecular flexibility index (Phi) is 4.81. The molecular formula is C23H20N2O3. The lowest BCUT2D eigenvalue weighted by molar-refractivity contribution is 0.0684. The van der Waals surface area contributed by atoms with Crippen LogP contribution in [-0.2, 0) is 6.54 Å². The minimum absolute atomic E-state index is 0.230. The average Bonchev–Trinajstić information content (AvgIpc) is 3.08. The number of carbonyl (C=O) groups is 1. The Hall–Kier alpha value is -3.60. The van der Waals surface area contributed by atoms with Crippen LogP contribution in [0.15, 0.2) is 72.9 Å². The van der Waals surface area contributed by atoms with Crippen LogP contribution in [0.3, 0.4) is 0 Å². The summed E-state index contributed by atoms with van der Waals surface area (Å²) in [5, 5.41) is 10.5. The number of fused-ring (bicyclic) bond motifs is 1. The molecule has 0 saturated heterocycles. The molecule has 0 aliphatic rings. The molecule has 0 aliphatic heterocycles. The number of pyridine rings is 1. The SMILES string of the molecule is Cc1cccc(-c2nccc3c2cc(C(=O)O)n3CCOc2ccccc2)c1. The Labute approximate surface area is 162 Å². The van der Waals surface area contributed by atoms with Crippen LogP contribution in [0.5, 0.6) is 5.75 Å². The second-order valence-electron chi connectivity index (χ2n) is 6.61. The first-order chi connectivity index (χ1) is 13.6. The first-order valence-corrected chi connectivity index (χ1v) is 9.10. The first kappa shape index (κ1) is 17.8. The molecule has 0 radical (unpaired) electrons. The van der Waals surface area contributed by atoms with Crippen molar-refractivity contribution in [3.63, 3.8) is 0 Å². The smallest absolute Gasteiger partial charge is 0.352 e. The van der Waals surface area contributed by atoms with E-state index in [1.54, 1.807) is 16.8 Å². The molecule has 4 rings (SSSR count). The maximum Gasteiger partial charge on any atom is 0.352 e. The normalized spacial score (nSPS) is 10.9. The number of nitrogens with zero attached hydrogens (tertiary/aromatic N) is 2. The van der Waals surface area contributed by atoms with E-state index in [-0.39, 0.29) is 5.69 Å². The van der Waals surface area contributed by atoms with Crippen LogP contribution in [0, 0.1) is 6.92 Å². The van der Waals surface area contributed by atoms with Gasteiger partial charge in [-0.15, -0.1) is 0 Å². The second-order valence-corrected chi connectivity index (χ2v) is 6.61. The first-order valence-electron chi connectivity index (χ1n) is 9.10. The molecule has 0 fully saturated rings. The minimum atomic E-state index is -0.967. The quantitative estimate of drug-likeness (QED) is 0.529. The number of hydrogen-bond acceptors (Lipinski definition) is 3. The Morgan fingerprint density at radius 3 is 2.64 bits per heavy atom. The molecule has 0 atom stereocenters. The Bertz CT molecular complexity index is 1130. The van der Waals surface area contributed by atoms with Crippen molar-refractivity contribution in [3.05, 3.63) is 84.2 Å². The summed E-state index contributed by atoms with van der Waals surface area (Å²) < 4.78 is 7.54. The molecule has 5 nitrogen and oxygen atoms in total. The third kappa shape index (κ3) is 3.47. The third-order valence-corrected chi connectivity index (χ3v) is 4.67. The third-order valence-electron chi connectivity index (χ3n) is 4.67. The number of carboxylic acid groups (broad SMARTS) is 1. The van der Waals surface area contributed by atoms with Gasteiger partial charge >= 0.3 is 5.97 Å². The van der Waals surface area contributed by atoms with Crippen LogP contribution in [0.4, 0.5) is 0 Å². The van der Waals surface area contributed by atoms with E-state index in [0.717, 1.165) is 33.5 Å². The highest BCUT2D eigenvalue weighted by Gasteiger charge is 2.18. The fourth-order valence-corrected chi connectivity index (χ4v) is 3.40. The lowest BCUT2D eigenvalue weighted by Crippen LogP contribution is -2.13. The lowest BCUT2D eigenvalue weighted by atomic mass is 10.1. The van der Waals surface area contributed by atoms with Gasteiger partial charge in [0.1, 0.15) is 18.1 Å². The van der Waals surface area contributed by atoms with Gasteiger partial charge in [-0.3, -0.25) is 4.98 Å². The zero-order chi connectivity index (χ0) is 19.5. The van der Waals surface area contributed by atoms with Gasteiger partial charge in [-0.2, -0.15) is 0 Å². The van der Waals surface area contributed by atoms with Gasteiger partial charge < -0.3 is 14.4 Å². The van der Waals surface area contributed by atoms with Gasteiger partial charge in [0.2, 0.25) is 0 Å². The van der Waals surface area contributed by atoms with Crippen LogP contribution < -0.4 is 4.74 Å². The van der Waals surface area contributed by atoms with Crippen molar-refractivity contribution in [1.82, 2.24) is 9.55 Å². The summed E-state index contributed by atoms with van der Waals surface area (Å²) in [6, 6.07) is 21.1. The summed E-state index contributed by atoms with van der Waals surface area (Å²) in [7, 11) is 0. The Balaban J connectivity index is 1.72. The van der Waals surface area contributed by atoms with Gasteiger partial charge in [0.25, 0.3) is 0 Å². The summed E-state index contributed by atoms with van der Waals surface area (Å²) in [5.74, 6) is -0.205. The topological polar surface area (TPSA) is 64.3 Å². The molecule has 0 spiro atoms. The average molecular weight is 372 g/mol. The standard InChI is InChI=1S/C23H20N2O3/c1-16-6-5-7-17(14-16)22-19-15-21(23(26)27)25(20(19)10-11-24-22)12-13-28-18-8-3-2-4-9-18/h2-11,14-15H,12-13H2,1H3,(H,26,27). The van der Waals surface area contributed by atoms with Crippen molar-refractivity contribution in [1.29, 1.82) is 0 Å². The fraction of sp³-hybridized carbons (Fsp3) is 0.130. The highest BCUT2D eigenvalue weighted by atomic mass is 16.5. The van der Waals surface area contributed by atoms with Crippen molar-refractivity contribution >= 4 is 16.9 Å². The summed E-state index contributed by atoms with van der Waals surface area (Å²) >= 11 is 0. The number of hydrogen-bond donors (Lipinski definition) is 1. The highest BCUT2D eigenvalue weighted by molar-refractivity contribution is 6.00. The van der Waals surface area contributed by atoms with Gasteiger partial charge in [-0.25, -0.2) is 4.79 Å². The lowest BCUT2D eigenvalue weighted by Gasteiger charge is -2.11. The van der Waals surface area contributed by atoms with Crippen molar-refractivity contribution in [2.24, 2.45) is 0 Å². The molecule has 2 aromatic carbocycles. The molecule has 28 heavy (non-hydrogen) atoms. The maximum absolute atomic E-state index is 11.8. The molecule has 140 valence electrons. The molecule has 0 saturated carbocycles. The summed E-state index contributed by atoms with van der Waals surface area (Å²) in [4.78, 5) is 16.4. The molecule has 0 aliphatic carbocycles. The van der Waals surface area contributed by atoms with E-state index >= 15 is 0 Å². The van der Waals surface area contributed by atoms with Crippen molar-refractivity contribution in [3.8, 4) is 17.0 Å². The van der Waals surface area contributed by atoms with E-state index in [1.165, 1.54) is 0 Å². The second kappa shape index (κ2) is 7.56. The molecule has 5 heteroatoms. The number of carboxylic acids is 1. The number of aromatic nitrogens is 2. The molecule has 4 aromatic rings. The number of benzene rings is 2. The Morgan fingerprint density at radius 1 is 1.07 bits per heavy atom. The molecule has 0 bridgehead atoms. The van der Waals surface area contributed by atoms with Gasteiger partial charge in [0, 0.05) is 17.1 Å². The zero-order valence-corrected chi connectivity index (χ0v) is 15.5. The predicted octanol–water partition coefficient (Wildman–Crippen LogP) is 4.79. The molecule has 2 aromatic heterocycles. The Morgan fingerprint density at radius 2 is 1.89 bits per heavy atom. The van der Waals surface area contributed by atoms with Gasteiger partial charge in [0.05, 0.1) is 17.8 Å². The van der Waals surface area contributed by atoms with Gasteiger partial charge in [-0.05, 0) is 37.3 Å². The van der Waals surface area contributed by atoms with Crippen molar-refractivity contribution in [2.45, 2.75) is 13.5 Å². The molecular weight excluding hydrogens is 352 g/mol. The molecule has 1 N–H and O–H groups in total. The fourth-order valence-electron chi connectivity index (χ4n) is 3.40. The largest absolute Gasteiger partial charge is 0.492 e. The van der Waals surface area contributed by atoms with E-state index < -0.39 is 5.97 Å². The van der Waals surface area contributed by atoms with Crippen molar-refractivity contribution in [2.75, 3.05) is 6.61 Å². The summed E-state index contributed by atoms with van der Waals surface area (Å²) in [6.07, 6.45) is 1.72. The monoisotopic (exact) mass is 372 g/mol. The van der Waals surface area contributed by atoms with Crippen LogP contribution in [0.25, 0.3) is 22.2 Å². The van der Waals surface area contributed by atoms with Gasteiger partial charge in [0.15, 0.2) is 0 Å². The number of ether oxygens (including phenoxy) is 1. The molecule has 0 unspecified atom stereocenters. The number of aromatic carboxylic acids is 1. The summed E-state index contributed by atoms with van der Waals surface area (Å²) in [5.41, 5.74) is 3.95. The predicted molar refractivity (Wildman–Crippen MR) is 109 cm³/mol. The van der Waals surface area contributed by atoms with E-state index in [1.807, 2.05) is 61.5 Å². The number of rotatable bonds is 6. The molecule has 2 heterocycles. The summed E-state index contributed by atoms with van der Waals surface area (Å²) in [6.45, 7) is 2.83. The number of aryl methyl sites for hydroxylation is 1. The van der Waals surface area contributed by atoms with Crippen molar-refractivity contribution < 1.29 is 14.6 Å². The van der Waals surface area contributed by atoms with E-state index in [0.29, 0.717) is 13.2 Å². The van der Waals surface area contributed by atoms with Crippen LogP contribution in [0.2, 0.25) is 0 Å². The highest BCUT2D eigenvalue weighted by Crippen LogP contribution is 2.30. The van der Waals surface area contributed by atoms with Gasteiger partial charge in [-0.1, -0.05) is 42.0 Å².